The van der Waals surface area contributed by atoms with Crippen LogP contribution in [0.15, 0.2) is 28.7 Å². The number of hydrogen-bond donors (Lipinski definition) is 3. The van der Waals surface area contributed by atoms with Gasteiger partial charge in [0.1, 0.15) is 0 Å². The van der Waals surface area contributed by atoms with E-state index in [0.29, 0.717) is 10.2 Å². The Bertz CT molecular complexity index is 395. The maximum atomic E-state index is 11.3. The van der Waals surface area contributed by atoms with Crippen molar-refractivity contribution in [2.24, 2.45) is 0 Å². The number of rotatable bonds is 3. The van der Waals surface area contributed by atoms with Crippen molar-refractivity contribution in [1.82, 2.24) is 5.32 Å². The third kappa shape index (κ3) is 3.63. The van der Waals surface area contributed by atoms with Crippen molar-refractivity contribution in [2.45, 2.75) is 0 Å². The number of carbonyl (C=O) groups is 2. The van der Waals surface area contributed by atoms with Crippen LogP contribution in [0.1, 0.15) is 0 Å². The van der Waals surface area contributed by atoms with E-state index in [1.807, 2.05) is 0 Å². The lowest BCUT2D eigenvalue weighted by Crippen LogP contribution is -2.36. The van der Waals surface area contributed by atoms with Crippen molar-refractivity contribution in [3.8, 4) is 0 Å². The molecule has 2 amide bonds. The van der Waals surface area contributed by atoms with Crippen molar-refractivity contribution < 1.29 is 14.7 Å². The zero-order valence-electron chi connectivity index (χ0n) is 8.37. The van der Waals surface area contributed by atoms with Gasteiger partial charge < -0.3 is 15.7 Å². The summed E-state index contributed by atoms with van der Waals surface area (Å²) in [5.74, 6) is -1.54. The predicted molar refractivity (Wildman–Crippen MR) is 62.9 cm³/mol. The van der Waals surface area contributed by atoms with Crippen molar-refractivity contribution in [3.05, 3.63) is 28.7 Å². The van der Waals surface area contributed by atoms with Gasteiger partial charge in [-0.3, -0.25) is 9.59 Å². The SMILES string of the molecule is O=C(NCCO)C(=O)Nc1ccccc1Br. The van der Waals surface area contributed by atoms with Gasteiger partial charge in [-0.15, -0.1) is 0 Å². The Balaban J connectivity index is 2.58. The number of nitrogens with one attached hydrogen (secondary N) is 2. The van der Waals surface area contributed by atoms with E-state index in [4.69, 9.17) is 5.11 Å². The first kappa shape index (κ1) is 12.7. The van der Waals surface area contributed by atoms with Gasteiger partial charge in [0, 0.05) is 11.0 Å². The maximum Gasteiger partial charge on any atom is 0.313 e. The fraction of sp³-hybridized carbons (Fsp3) is 0.200. The van der Waals surface area contributed by atoms with E-state index in [1.165, 1.54) is 0 Å². The number of anilines is 1. The molecule has 0 aliphatic rings. The first-order chi connectivity index (χ1) is 7.65. The molecule has 16 heavy (non-hydrogen) atoms. The van der Waals surface area contributed by atoms with Crippen molar-refractivity contribution in [3.63, 3.8) is 0 Å². The van der Waals surface area contributed by atoms with Crippen LogP contribution in [-0.4, -0.2) is 30.1 Å². The normalized spacial score (nSPS) is 9.62. The number of hydrogen-bond acceptors (Lipinski definition) is 3. The molecule has 5 nitrogen and oxygen atoms in total. The second kappa shape index (κ2) is 6.24. The van der Waals surface area contributed by atoms with Gasteiger partial charge in [-0.2, -0.15) is 0 Å². The summed E-state index contributed by atoms with van der Waals surface area (Å²) in [6.07, 6.45) is 0. The summed E-state index contributed by atoms with van der Waals surface area (Å²) < 4.78 is 0.693. The standard InChI is InChI=1S/C10H11BrN2O3/c11-7-3-1-2-4-8(7)13-10(16)9(15)12-5-6-14/h1-4,14H,5-6H2,(H,12,15)(H,13,16). The molecule has 1 aromatic rings. The number of carbonyl (C=O) groups excluding carboxylic acids is 2. The molecule has 0 atom stereocenters. The summed E-state index contributed by atoms with van der Waals surface area (Å²) in [5.41, 5.74) is 0.520. The third-order valence-corrected chi connectivity index (χ3v) is 2.42. The third-order valence-electron chi connectivity index (χ3n) is 1.73. The van der Waals surface area contributed by atoms with Crippen molar-refractivity contribution in [2.75, 3.05) is 18.5 Å². The van der Waals surface area contributed by atoms with E-state index in [0.717, 1.165) is 0 Å². The quantitative estimate of drug-likeness (QED) is 0.708. The number of benzene rings is 1. The Labute approximate surface area is 101 Å². The number of halogens is 1. The molecule has 0 aromatic heterocycles. The van der Waals surface area contributed by atoms with E-state index < -0.39 is 11.8 Å². The average molecular weight is 287 g/mol. The highest BCUT2D eigenvalue weighted by atomic mass is 79.9. The number of aliphatic hydroxyl groups is 1. The molecule has 0 heterocycles. The lowest BCUT2D eigenvalue weighted by atomic mass is 10.3. The van der Waals surface area contributed by atoms with Crippen LogP contribution in [0.2, 0.25) is 0 Å². The largest absolute Gasteiger partial charge is 0.395 e. The second-order valence-corrected chi connectivity index (χ2v) is 3.77. The van der Waals surface area contributed by atoms with Gasteiger partial charge in [0.25, 0.3) is 0 Å². The molecule has 0 aliphatic carbocycles. The molecule has 0 saturated heterocycles. The van der Waals surface area contributed by atoms with E-state index in [2.05, 4.69) is 26.6 Å². The molecule has 0 spiro atoms. The molecule has 0 fully saturated rings. The minimum Gasteiger partial charge on any atom is -0.395 e. The van der Waals surface area contributed by atoms with Gasteiger partial charge in [-0.1, -0.05) is 12.1 Å². The summed E-state index contributed by atoms with van der Waals surface area (Å²) in [6, 6.07) is 6.96. The lowest BCUT2D eigenvalue weighted by molar-refractivity contribution is -0.136. The number of para-hydroxylation sites is 1. The summed E-state index contributed by atoms with van der Waals surface area (Å²) >= 11 is 3.24. The molecule has 0 aliphatic heterocycles. The molecule has 0 bridgehead atoms. The van der Waals surface area contributed by atoms with Crippen LogP contribution < -0.4 is 10.6 Å². The molecular weight excluding hydrogens is 276 g/mol. The van der Waals surface area contributed by atoms with Crippen LogP contribution in [0.4, 0.5) is 5.69 Å². The highest BCUT2D eigenvalue weighted by molar-refractivity contribution is 9.10. The fourth-order valence-corrected chi connectivity index (χ4v) is 1.38. The van der Waals surface area contributed by atoms with Gasteiger partial charge in [0.2, 0.25) is 0 Å². The zero-order chi connectivity index (χ0) is 12.0. The maximum absolute atomic E-state index is 11.3. The molecule has 1 aromatic carbocycles. The lowest BCUT2D eigenvalue weighted by Gasteiger charge is -2.06. The van der Waals surface area contributed by atoms with Gasteiger partial charge in [0.05, 0.1) is 12.3 Å². The van der Waals surface area contributed by atoms with E-state index >= 15 is 0 Å². The Morgan fingerprint density at radius 2 is 1.94 bits per heavy atom. The van der Waals surface area contributed by atoms with Gasteiger partial charge in [0.15, 0.2) is 0 Å². The van der Waals surface area contributed by atoms with Crippen LogP contribution in [0.25, 0.3) is 0 Å². The zero-order valence-corrected chi connectivity index (χ0v) is 9.95. The first-order valence-corrected chi connectivity index (χ1v) is 5.39. The minimum absolute atomic E-state index is 0.0578. The smallest absolute Gasteiger partial charge is 0.313 e. The highest BCUT2D eigenvalue weighted by Gasteiger charge is 2.13. The van der Waals surface area contributed by atoms with Gasteiger partial charge in [-0.05, 0) is 28.1 Å². The van der Waals surface area contributed by atoms with E-state index in [-0.39, 0.29) is 13.2 Å². The van der Waals surface area contributed by atoms with Crippen LogP contribution in [0, 0.1) is 0 Å². The summed E-state index contributed by atoms with van der Waals surface area (Å²) in [7, 11) is 0. The molecule has 0 saturated carbocycles. The summed E-state index contributed by atoms with van der Waals surface area (Å²) in [4.78, 5) is 22.5. The Morgan fingerprint density at radius 1 is 1.25 bits per heavy atom. The molecular formula is C10H11BrN2O3. The van der Waals surface area contributed by atoms with E-state index in [9.17, 15) is 9.59 Å². The molecule has 86 valence electrons. The molecule has 6 heteroatoms. The first-order valence-electron chi connectivity index (χ1n) is 4.59. The number of amides is 2. The highest BCUT2D eigenvalue weighted by Crippen LogP contribution is 2.20. The fourth-order valence-electron chi connectivity index (χ4n) is 0.991. The predicted octanol–water partition coefficient (Wildman–Crippen LogP) is 0.496. The van der Waals surface area contributed by atoms with Gasteiger partial charge in [-0.25, -0.2) is 0 Å². The molecule has 0 unspecified atom stereocenters. The van der Waals surface area contributed by atoms with Crippen LogP contribution in [0.3, 0.4) is 0 Å². The van der Waals surface area contributed by atoms with Gasteiger partial charge >= 0.3 is 11.8 Å². The topological polar surface area (TPSA) is 78.4 Å². The van der Waals surface area contributed by atoms with Crippen LogP contribution in [0.5, 0.6) is 0 Å². The Kier molecular flexibility index (Phi) is 4.94. The Hall–Kier alpha value is -1.40. The molecule has 0 radical (unpaired) electrons. The minimum atomic E-state index is -0.773. The van der Waals surface area contributed by atoms with Crippen LogP contribution in [-0.2, 0) is 9.59 Å². The van der Waals surface area contributed by atoms with Crippen LogP contribution >= 0.6 is 15.9 Å². The second-order valence-electron chi connectivity index (χ2n) is 2.91. The Morgan fingerprint density at radius 3 is 2.56 bits per heavy atom. The summed E-state index contributed by atoms with van der Waals surface area (Å²) in [5, 5.41) is 13.2. The van der Waals surface area contributed by atoms with Crippen molar-refractivity contribution in [1.29, 1.82) is 0 Å². The van der Waals surface area contributed by atoms with E-state index in [1.54, 1.807) is 24.3 Å². The summed E-state index contributed by atoms with van der Waals surface area (Å²) in [6.45, 7) is -0.143. The van der Waals surface area contributed by atoms with Crippen molar-refractivity contribution >= 4 is 33.4 Å². The number of aliphatic hydroxyl groups excluding tert-OH is 1. The molecule has 3 N–H and O–H groups in total. The average Bonchev–Trinajstić information content (AvgIpc) is 2.28. The monoisotopic (exact) mass is 286 g/mol. The molecule has 1 rings (SSSR count).